The summed E-state index contributed by atoms with van der Waals surface area (Å²) in [4.78, 5) is 34.9. The van der Waals surface area contributed by atoms with Crippen molar-refractivity contribution in [3.8, 4) is 0 Å². The van der Waals surface area contributed by atoms with Crippen LogP contribution in [0.5, 0.6) is 0 Å². The fraction of sp³-hybridized carbons (Fsp3) is 0.812. The Hall–Kier alpha value is -1.79. The van der Waals surface area contributed by atoms with E-state index < -0.39 is 40.4 Å². The summed E-state index contributed by atoms with van der Waals surface area (Å²) in [7, 11) is 0. The Morgan fingerprint density at radius 1 is 1.00 bits per heavy atom. The van der Waals surface area contributed by atoms with Gasteiger partial charge in [-0.25, -0.2) is 4.79 Å². The molecule has 3 amide bonds. The van der Waals surface area contributed by atoms with Crippen LogP contribution < -0.4 is 16.8 Å². The Kier molecular flexibility index (Phi) is 6.63. The minimum atomic E-state index is -0.926. The number of hydrogen-bond donors (Lipinski definition) is 3. The monoisotopic (exact) mass is 329 g/mol. The SMILES string of the molecule is CC(C)(CC(N)=O)CC(C)(C)[C@H](NC(=O)OC(C)(C)C)C(N)=O. The van der Waals surface area contributed by atoms with Crippen molar-refractivity contribution in [2.45, 2.75) is 73.0 Å². The fourth-order valence-electron chi connectivity index (χ4n) is 2.95. The molecule has 23 heavy (non-hydrogen) atoms. The van der Waals surface area contributed by atoms with Gasteiger partial charge >= 0.3 is 6.09 Å². The molecule has 0 radical (unpaired) electrons. The van der Waals surface area contributed by atoms with Crippen LogP contribution in [-0.4, -0.2) is 29.6 Å². The summed E-state index contributed by atoms with van der Waals surface area (Å²) in [5.41, 5.74) is 8.93. The van der Waals surface area contributed by atoms with Gasteiger partial charge in [-0.05, 0) is 38.0 Å². The zero-order valence-corrected chi connectivity index (χ0v) is 15.3. The van der Waals surface area contributed by atoms with E-state index in [1.54, 1.807) is 20.8 Å². The fourth-order valence-corrected chi connectivity index (χ4v) is 2.95. The highest BCUT2D eigenvalue weighted by Gasteiger charge is 2.40. The number of ether oxygens (including phenoxy) is 1. The van der Waals surface area contributed by atoms with E-state index in [4.69, 9.17) is 16.2 Å². The number of rotatable bonds is 7. The quantitative estimate of drug-likeness (QED) is 0.657. The Labute approximate surface area is 138 Å². The van der Waals surface area contributed by atoms with Crippen LogP contribution in [0.4, 0.5) is 4.79 Å². The molecule has 1 atom stereocenters. The summed E-state index contributed by atoms with van der Waals surface area (Å²) in [6.07, 6.45) is -0.0668. The predicted molar refractivity (Wildman–Crippen MR) is 88.3 cm³/mol. The molecule has 7 nitrogen and oxygen atoms in total. The number of alkyl carbamates (subject to hydrolysis) is 1. The highest BCUT2D eigenvalue weighted by Crippen LogP contribution is 2.38. The minimum absolute atomic E-state index is 0.175. The summed E-state index contributed by atoms with van der Waals surface area (Å²) < 4.78 is 5.18. The van der Waals surface area contributed by atoms with Crippen molar-refractivity contribution in [3.05, 3.63) is 0 Å². The lowest BCUT2D eigenvalue weighted by Gasteiger charge is -2.39. The highest BCUT2D eigenvalue weighted by molar-refractivity contribution is 5.85. The zero-order chi connectivity index (χ0) is 18.6. The van der Waals surface area contributed by atoms with Crippen LogP contribution in [0.25, 0.3) is 0 Å². The van der Waals surface area contributed by atoms with Crippen molar-refractivity contribution in [2.24, 2.45) is 22.3 Å². The molecule has 7 heteroatoms. The van der Waals surface area contributed by atoms with E-state index in [1.807, 2.05) is 27.7 Å². The molecular formula is C16H31N3O4. The van der Waals surface area contributed by atoms with Crippen LogP contribution in [0, 0.1) is 10.8 Å². The van der Waals surface area contributed by atoms with E-state index in [0.29, 0.717) is 6.42 Å². The van der Waals surface area contributed by atoms with E-state index in [2.05, 4.69) is 5.32 Å². The third kappa shape index (κ3) is 8.42. The predicted octanol–water partition coefficient (Wildman–Crippen LogP) is 1.68. The van der Waals surface area contributed by atoms with Crippen molar-refractivity contribution in [1.29, 1.82) is 0 Å². The maximum atomic E-state index is 11.9. The summed E-state index contributed by atoms with van der Waals surface area (Å²) in [5, 5.41) is 2.54. The highest BCUT2D eigenvalue weighted by atomic mass is 16.6. The number of hydrogen-bond acceptors (Lipinski definition) is 4. The van der Waals surface area contributed by atoms with E-state index in [9.17, 15) is 14.4 Å². The molecule has 0 aliphatic rings. The lowest BCUT2D eigenvalue weighted by Crippen LogP contribution is -2.55. The molecule has 0 bridgehead atoms. The van der Waals surface area contributed by atoms with Crippen LogP contribution >= 0.6 is 0 Å². The third-order valence-corrected chi connectivity index (χ3v) is 3.31. The molecule has 0 aromatic rings. The second-order valence-electron chi connectivity index (χ2n) is 8.45. The first-order valence-corrected chi connectivity index (χ1v) is 7.63. The lowest BCUT2D eigenvalue weighted by molar-refractivity contribution is -0.123. The van der Waals surface area contributed by atoms with Gasteiger partial charge in [0, 0.05) is 6.42 Å². The van der Waals surface area contributed by atoms with E-state index in [0.717, 1.165) is 0 Å². The normalized spacial score (nSPS) is 14.0. The molecule has 0 fully saturated rings. The van der Waals surface area contributed by atoms with Gasteiger partial charge in [-0.3, -0.25) is 9.59 Å². The molecule has 0 saturated carbocycles. The molecule has 0 aromatic heterocycles. The van der Waals surface area contributed by atoms with Gasteiger partial charge in [-0.1, -0.05) is 27.7 Å². The first kappa shape index (κ1) is 21.2. The number of nitrogens with two attached hydrogens (primary N) is 2. The molecule has 0 aromatic carbocycles. The number of amides is 3. The van der Waals surface area contributed by atoms with Crippen molar-refractivity contribution < 1.29 is 19.1 Å². The Morgan fingerprint density at radius 2 is 1.48 bits per heavy atom. The summed E-state index contributed by atoms with van der Waals surface area (Å²) in [5.74, 6) is -1.07. The summed E-state index contributed by atoms with van der Waals surface area (Å²) in [6, 6.07) is -0.926. The van der Waals surface area contributed by atoms with Gasteiger partial charge in [-0.15, -0.1) is 0 Å². The second kappa shape index (κ2) is 7.19. The molecule has 0 aliphatic heterocycles. The smallest absolute Gasteiger partial charge is 0.408 e. The Bertz CT molecular complexity index is 464. The van der Waals surface area contributed by atoms with Crippen molar-refractivity contribution >= 4 is 17.9 Å². The summed E-state index contributed by atoms with van der Waals surface area (Å²) in [6.45, 7) is 12.6. The maximum Gasteiger partial charge on any atom is 0.408 e. The van der Waals surface area contributed by atoms with E-state index >= 15 is 0 Å². The first-order valence-electron chi connectivity index (χ1n) is 7.63. The molecule has 0 spiro atoms. The number of carbonyl (C=O) groups is 3. The molecule has 0 heterocycles. The van der Waals surface area contributed by atoms with Gasteiger partial charge in [0.1, 0.15) is 11.6 Å². The first-order chi connectivity index (χ1) is 10.1. The second-order valence-corrected chi connectivity index (χ2v) is 8.45. The number of carbonyl (C=O) groups excluding carboxylic acids is 3. The molecular weight excluding hydrogens is 298 g/mol. The van der Waals surface area contributed by atoms with Gasteiger partial charge in [0.05, 0.1) is 0 Å². The van der Waals surface area contributed by atoms with Crippen LogP contribution in [-0.2, 0) is 14.3 Å². The van der Waals surface area contributed by atoms with Crippen LogP contribution in [0.2, 0.25) is 0 Å². The van der Waals surface area contributed by atoms with Crippen molar-refractivity contribution in [2.75, 3.05) is 0 Å². The number of primary amides is 2. The average Bonchev–Trinajstić information content (AvgIpc) is 2.18. The van der Waals surface area contributed by atoms with E-state index in [-0.39, 0.29) is 6.42 Å². The van der Waals surface area contributed by atoms with Gasteiger partial charge < -0.3 is 21.5 Å². The minimum Gasteiger partial charge on any atom is -0.444 e. The third-order valence-electron chi connectivity index (χ3n) is 3.31. The molecule has 5 N–H and O–H groups in total. The molecule has 0 aliphatic carbocycles. The number of nitrogens with one attached hydrogen (secondary N) is 1. The van der Waals surface area contributed by atoms with Gasteiger partial charge in [0.15, 0.2) is 0 Å². The Morgan fingerprint density at radius 3 is 1.83 bits per heavy atom. The van der Waals surface area contributed by atoms with E-state index in [1.165, 1.54) is 0 Å². The van der Waals surface area contributed by atoms with Gasteiger partial charge in [0.2, 0.25) is 11.8 Å². The lowest BCUT2D eigenvalue weighted by atomic mass is 9.69. The maximum absolute atomic E-state index is 11.9. The standard InChI is InChI=1S/C16H31N3O4/c1-14(2,3)23-13(22)19-11(12(18)21)16(6,7)9-15(4,5)8-10(17)20/h11H,8-9H2,1-7H3,(H2,17,20)(H2,18,21)(H,19,22)/t11-/m1/s1. The van der Waals surface area contributed by atoms with Crippen molar-refractivity contribution in [1.82, 2.24) is 5.32 Å². The molecule has 0 unspecified atom stereocenters. The largest absolute Gasteiger partial charge is 0.444 e. The van der Waals surface area contributed by atoms with Crippen LogP contribution in [0.15, 0.2) is 0 Å². The molecule has 0 rings (SSSR count). The summed E-state index contributed by atoms with van der Waals surface area (Å²) >= 11 is 0. The topological polar surface area (TPSA) is 125 Å². The molecule has 0 saturated heterocycles. The average molecular weight is 329 g/mol. The zero-order valence-electron chi connectivity index (χ0n) is 15.3. The van der Waals surface area contributed by atoms with Crippen molar-refractivity contribution in [3.63, 3.8) is 0 Å². The van der Waals surface area contributed by atoms with Gasteiger partial charge in [0.25, 0.3) is 0 Å². The molecule has 134 valence electrons. The Balaban J connectivity index is 5.16. The van der Waals surface area contributed by atoms with Crippen LogP contribution in [0.1, 0.15) is 61.3 Å². The van der Waals surface area contributed by atoms with Gasteiger partial charge in [-0.2, -0.15) is 0 Å². The van der Waals surface area contributed by atoms with Crippen LogP contribution in [0.3, 0.4) is 0 Å².